The van der Waals surface area contributed by atoms with Gasteiger partial charge in [-0.1, -0.05) is 13.8 Å². The lowest BCUT2D eigenvalue weighted by atomic mass is 10.2. The van der Waals surface area contributed by atoms with Gasteiger partial charge in [0.1, 0.15) is 5.01 Å². The maximum absolute atomic E-state index is 5.12. The van der Waals surface area contributed by atoms with E-state index in [1.807, 2.05) is 11.3 Å². The molecule has 1 aliphatic carbocycles. The first-order valence-electron chi connectivity index (χ1n) is 8.26. The Balaban J connectivity index is 1.76. The van der Waals surface area contributed by atoms with Gasteiger partial charge >= 0.3 is 0 Å². The van der Waals surface area contributed by atoms with E-state index in [0.717, 1.165) is 24.3 Å². The zero-order chi connectivity index (χ0) is 14.7. The average Bonchev–Trinajstić information content (AvgIpc) is 3.28. The van der Waals surface area contributed by atoms with E-state index in [-0.39, 0.29) is 0 Å². The number of nitrogens with zero attached hydrogens (tertiary/aromatic N) is 1. The molecule has 0 amide bonds. The average molecular weight is 343 g/mol. The minimum Gasteiger partial charge on any atom is -0.312 e. The van der Waals surface area contributed by atoms with Crippen LogP contribution in [-0.2, 0) is 6.54 Å². The fraction of sp³-hybridized carbons (Fsp3) is 0.812. The van der Waals surface area contributed by atoms with E-state index >= 15 is 0 Å². The molecule has 1 saturated carbocycles. The van der Waals surface area contributed by atoms with Crippen molar-refractivity contribution in [2.45, 2.75) is 62.5 Å². The zero-order valence-electron chi connectivity index (χ0n) is 13.1. The van der Waals surface area contributed by atoms with E-state index in [2.05, 4.69) is 42.7 Å². The Morgan fingerprint density at radius 1 is 1.19 bits per heavy atom. The second kappa shape index (κ2) is 7.71. The molecule has 21 heavy (non-hydrogen) atoms. The fourth-order valence-corrected chi connectivity index (χ4v) is 7.36. The van der Waals surface area contributed by atoms with Gasteiger partial charge in [0.15, 0.2) is 0 Å². The van der Waals surface area contributed by atoms with Crippen molar-refractivity contribution < 1.29 is 0 Å². The quantitative estimate of drug-likeness (QED) is 0.718. The molecule has 2 unspecified atom stereocenters. The van der Waals surface area contributed by atoms with E-state index in [4.69, 9.17) is 4.98 Å². The predicted molar refractivity (Wildman–Crippen MR) is 97.8 cm³/mol. The molecule has 2 aliphatic rings. The predicted octanol–water partition coefficient (Wildman–Crippen LogP) is 4.82. The van der Waals surface area contributed by atoms with Crippen molar-refractivity contribution in [2.24, 2.45) is 0 Å². The minimum atomic E-state index is 0.635. The largest absolute Gasteiger partial charge is 0.312 e. The summed E-state index contributed by atoms with van der Waals surface area (Å²) < 4.78 is 0. The smallest absolute Gasteiger partial charge is 0.107 e. The molecule has 1 aliphatic heterocycles. The van der Waals surface area contributed by atoms with Crippen LogP contribution in [0.5, 0.6) is 0 Å². The number of nitrogens with one attached hydrogen (secondary N) is 1. The highest BCUT2D eigenvalue weighted by Gasteiger charge is 2.34. The topological polar surface area (TPSA) is 24.9 Å². The van der Waals surface area contributed by atoms with E-state index in [0.29, 0.717) is 5.25 Å². The second-order valence-corrected chi connectivity index (χ2v) is 9.63. The van der Waals surface area contributed by atoms with Crippen LogP contribution in [0.2, 0.25) is 0 Å². The SMILES string of the molecule is CCCNCc1sc(C2SCCSC2CC)nc1C1CC1. The maximum Gasteiger partial charge on any atom is 0.107 e. The first-order chi connectivity index (χ1) is 10.3. The summed E-state index contributed by atoms with van der Waals surface area (Å²) in [6.07, 6.45) is 5.18. The van der Waals surface area contributed by atoms with Crippen molar-refractivity contribution >= 4 is 34.9 Å². The highest BCUT2D eigenvalue weighted by atomic mass is 32.2. The fourth-order valence-electron chi connectivity index (χ4n) is 2.82. The van der Waals surface area contributed by atoms with Crippen molar-refractivity contribution in [3.63, 3.8) is 0 Å². The molecule has 0 spiro atoms. The normalized spacial score (nSPS) is 26.2. The monoisotopic (exact) mass is 342 g/mol. The Hall–Kier alpha value is 0.290. The highest BCUT2D eigenvalue weighted by molar-refractivity contribution is 8.06. The number of hydrogen-bond donors (Lipinski definition) is 1. The molecular weight excluding hydrogens is 316 g/mol. The Morgan fingerprint density at radius 2 is 2.00 bits per heavy atom. The van der Waals surface area contributed by atoms with Crippen LogP contribution in [0.3, 0.4) is 0 Å². The summed E-state index contributed by atoms with van der Waals surface area (Å²) in [4.78, 5) is 6.64. The van der Waals surface area contributed by atoms with Gasteiger partial charge in [0.25, 0.3) is 0 Å². The van der Waals surface area contributed by atoms with E-state index in [9.17, 15) is 0 Å². The van der Waals surface area contributed by atoms with Gasteiger partial charge in [0.05, 0.1) is 10.9 Å². The summed E-state index contributed by atoms with van der Waals surface area (Å²) in [6.45, 7) is 6.70. The molecule has 1 aromatic heterocycles. The standard InChI is InChI=1S/C16H26N2S3/c1-3-7-17-10-13-14(11-5-6-11)18-16(21-13)15-12(4-2)19-8-9-20-15/h11-12,15,17H,3-10H2,1-2H3. The summed E-state index contributed by atoms with van der Waals surface area (Å²) in [5.74, 6) is 3.37. The van der Waals surface area contributed by atoms with Crippen LogP contribution < -0.4 is 5.32 Å². The second-order valence-electron chi connectivity index (χ2n) is 5.92. The minimum absolute atomic E-state index is 0.635. The number of thiazole rings is 1. The lowest BCUT2D eigenvalue weighted by Crippen LogP contribution is -2.18. The van der Waals surface area contributed by atoms with Crippen LogP contribution in [0.15, 0.2) is 0 Å². The summed E-state index contributed by atoms with van der Waals surface area (Å²) in [5, 5.41) is 6.38. The lowest BCUT2D eigenvalue weighted by molar-refractivity contribution is 0.676. The molecule has 0 aromatic carbocycles. The molecule has 2 nitrogen and oxygen atoms in total. The molecule has 5 heteroatoms. The molecule has 1 N–H and O–H groups in total. The van der Waals surface area contributed by atoms with Gasteiger partial charge in [-0.25, -0.2) is 4.98 Å². The highest BCUT2D eigenvalue weighted by Crippen LogP contribution is 2.48. The van der Waals surface area contributed by atoms with Gasteiger partial charge in [-0.2, -0.15) is 11.8 Å². The molecule has 118 valence electrons. The van der Waals surface area contributed by atoms with Crippen LogP contribution in [0.4, 0.5) is 0 Å². The molecule has 1 aromatic rings. The van der Waals surface area contributed by atoms with Crippen LogP contribution in [0.1, 0.15) is 66.3 Å². The van der Waals surface area contributed by atoms with Gasteiger partial charge in [-0.05, 0) is 32.2 Å². The zero-order valence-corrected chi connectivity index (χ0v) is 15.5. The summed E-state index contributed by atoms with van der Waals surface area (Å²) in [7, 11) is 0. The first kappa shape index (κ1) is 16.2. The Labute approximate surface area is 141 Å². The van der Waals surface area contributed by atoms with Crippen LogP contribution in [0, 0.1) is 0 Å². The molecule has 1 saturated heterocycles. The van der Waals surface area contributed by atoms with Gasteiger partial charge in [-0.3, -0.25) is 0 Å². The molecule has 2 fully saturated rings. The molecule has 2 atom stereocenters. The van der Waals surface area contributed by atoms with Crippen molar-refractivity contribution in [1.29, 1.82) is 0 Å². The van der Waals surface area contributed by atoms with E-state index in [1.165, 1.54) is 52.8 Å². The van der Waals surface area contributed by atoms with Crippen molar-refractivity contribution in [3.05, 3.63) is 15.6 Å². The Kier molecular flexibility index (Phi) is 5.93. The maximum atomic E-state index is 5.12. The Bertz CT molecular complexity index is 456. The number of hydrogen-bond acceptors (Lipinski definition) is 5. The number of thioether (sulfide) groups is 2. The molecule has 0 bridgehead atoms. The molecular formula is C16H26N2S3. The van der Waals surface area contributed by atoms with Crippen LogP contribution in [-0.4, -0.2) is 28.3 Å². The summed E-state index contributed by atoms with van der Waals surface area (Å²) in [6, 6.07) is 0. The summed E-state index contributed by atoms with van der Waals surface area (Å²) in [5.41, 5.74) is 1.43. The van der Waals surface area contributed by atoms with Crippen LogP contribution >= 0.6 is 34.9 Å². The number of aromatic nitrogens is 1. The first-order valence-corrected chi connectivity index (χ1v) is 11.2. The third-order valence-electron chi connectivity index (χ3n) is 4.12. The summed E-state index contributed by atoms with van der Waals surface area (Å²) >= 11 is 6.29. The third kappa shape index (κ3) is 3.98. The molecule has 3 rings (SSSR count). The van der Waals surface area contributed by atoms with Crippen molar-refractivity contribution in [1.82, 2.24) is 10.3 Å². The van der Waals surface area contributed by atoms with Gasteiger partial charge in [0.2, 0.25) is 0 Å². The van der Waals surface area contributed by atoms with Crippen molar-refractivity contribution in [2.75, 3.05) is 18.1 Å². The van der Waals surface area contributed by atoms with E-state index < -0.39 is 0 Å². The Morgan fingerprint density at radius 3 is 2.71 bits per heavy atom. The van der Waals surface area contributed by atoms with Crippen molar-refractivity contribution in [3.8, 4) is 0 Å². The molecule has 0 radical (unpaired) electrons. The van der Waals surface area contributed by atoms with E-state index in [1.54, 1.807) is 0 Å². The van der Waals surface area contributed by atoms with Gasteiger partial charge in [0, 0.05) is 34.1 Å². The van der Waals surface area contributed by atoms with Gasteiger partial charge in [-0.15, -0.1) is 23.1 Å². The molecule has 2 heterocycles. The third-order valence-corrected chi connectivity index (χ3v) is 8.67. The van der Waals surface area contributed by atoms with Crippen LogP contribution in [0.25, 0.3) is 0 Å². The number of rotatable bonds is 7. The lowest BCUT2D eigenvalue weighted by Gasteiger charge is -2.28. The van der Waals surface area contributed by atoms with Gasteiger partial charge < -0.3 is 5.32 Å².